The zero-order chi connectivity index (χ0) is 22.1. The van der Waals surface area contributed by atoms with Crippen molar-refractivity contribution in [2.75, 3.05) is 6.54 Å². The molecule has 0 aromatic heterocycles. The van der Waals surface area contributed by atoms with Crippen molar-refractivity contribution in [2.45, 2.75) is 58.5 Å². The molecule has 1 N–H and O–H groups in total. The van der Waals surface area contributed by atoms with Crippen LogP contribution in [-0.4, -0.2) is 35.3 Å². The van der Waals surface area contributed by atoms with Crippen LogP contribution in [0.5, 0.6) is 0 Å². The van der Waals surface area contributed by atoms with E-state index >= 15 is 0 Å². The van der Waals surface area contributed by atoms with Crippen molar-refractivity contribution >= 4 is 23.4 Å². The molecule has 0 saturated carbocycles. The molecule has 2 rings (SSSR count). The van der Waals surface area contributed by atoms with Gasteiger partial charge in [0.25, 0.3) is 0 Å². The first-order chi connectivity index (χ1) is 14.4. The fourth-order valence-corrected chi connectivity index (χ4v) is 3.52. The van der Waals surface area contributed by atoms with Crippen LogP contribution in [0, 0.1) is 5.82 Å². The summed E-state index contributed by atoms with van der Waals surface area (Å²) >= 11 is 6.12. The summed E-state index contributed by atoms with van der Waals surface area (Å²) in [6.45, 7) is 6.16. The summed E-state index contributed by atoms with van der Waals surface area (Å²) in [7, 11) is 0. The lowest BCUT2D eigenvalue weighted by Gasteiger charge is -2.31. The average Bonchev–Trinajstić information content (AvgIpc) is 2.74. The maximum Gasteiger partial charge on any atom is 0.243 e. The highest BCUT2D eigenvalue weighted by molar-refractivity contribution is 6.31. The molecule has 0 aliphatic rings. The van der Waals surface area contributed by atoms with Gasteiger partial charge < -0.3 is 10.2 Å². The fourth-order valence-electron chi connectivity index (χ4n) is 3.29. The van der Waals surface area contributed by atoms with Crippen LogP contribution in [0.15, 0.2) is 48.5 Å². The van der Waals surface area contributed by atoms with Crippen LogP contribution in [0.4, 0.5) is 4.39 Å². The van der Waals surface area contributed by atoms with E-state index in [1.54, 1.807) is 11.0 Å². The summed E-state index contributed by atoms with van der Waals surface area (Å²) in [5.74, 6) is -1.02. The molecule has 30 heavy (non-hydrogen) atoms. The van der Waals surface area contributed by atoms with Gasteiger partial charge in [0, 0.05) is 23.2 Å². The third-order valence-electron chi connectivity index (χ3n) is 5.26. The van der Waals surface area contributed by atoms with Gasteiger partial charge in [-0.05, 0) is 43.9 Å². The summed E-state index contributed by atoms with van der Waals surface area (Å²) in [5.41, 5.74) is 1.22. The molecule has 0 unspecified atom stereocenters. The minimum atomic E-state index is -0.624. The summed E-state index contributed by atoms with van der Waals surface area (Å²) in [6.07, 6.45) is 1.68. The fraction of sp³-hybridized carbons (Fsp3) is 0.417. The van der Waals surface area contributed by atoms with Gasteiger partial charge in [0.2, 0.25) is 11.8 Å². The number of carbonyl (C=O) groups is 2. The summed E-state index contributed by atoms with van der Waals surface area (Å²) in [6, 6.07) is 13.5. The van der Waals surface area contributed by atoms with Crippen LogP contribution in [0.1, 0.15) is 44.7 Å². The summed E-state index contributed by atoms with van der Waals surface area (Å²) in [5, 5.41) is 3.18. The lowest BCUT2D eigenvalue weighted by atomic mass is 10.1. The van der Waals surface area contributed by atoms with Crippen LogP contribution in [0.25, 0.3) is 0 Å². The summed E-state index contributed by atoms with van der Waals surface area (Å²) in [4.78, 5) is 27.7. The number of carbonyl (C=O) groups excluding carboxylic acids is 2. The number of nitrogens with one attached hydrogen (secondary N) is 1. The Kier molecular flexibility index (Phi) is 9.31. The van der Waals surface area contributed by atoms with Gasteiger partial charge in [-0.3, -0.25) is 9.59 Å². The van der Waals surface area contributed by atoms with E-state index in [0.717, 1.165) is 12.0 Å². The van der Waals surface area contributed by atoms with E-state index in [9.17, 15) is 14.0 Å². The van der Waals surface area contributed by atoms with Crippen LogP contribution >= 0.6 is 11.6 Å². The Morgan fingerprint density at radius 1 is 1.07 bits per heavy atom. The monoisotopic (exact) mass is 432 g/mol. The van der Waals surface area contributed by atoms with E-state index in [2.05, 4.69) is 5.32 Å². The lowest BCUT2D eigenvalue weighted by Crippen LogP contribution is -2.52. The van der Waals surface area contributed by atoms with E-state index in [1.165, 1.54) is 12.1 Å². The van der Waals surface area contributed by atoms with Crippen molar-refractivity contribution in [3.63, 3.8) is 0 Å². The number of amides is 2. The Morgan fingerprint density at radius 3 is 2.37 bits per heavy atom. The second-order valence-electron chi connectivity index (χ2n) is 7.44. The molecular weight excluding hydrogens is 403 g/mol. The normalized spacial score (nSPS) is 12.8. The standard InChI is InChI=1S/C24H30ClFN2O2/c1-4-17(3)27-24(30)22(5-2)28(15-14-18-10-7-6-8-11-18)23(29)16-19-20(25)12-9-13-21(19)26/h6-13,17,22H,4-5,14-16H2,1-3H3,(H,27,30)/t17-,22-/m0/s1. The molecule has 2 aromatic rings. The molecule has 0 aliphatic heterocycles. The van der Waals surface area contributed by atoms with Gasteiger partial charge in [0.15, 0.2) is 0 Å². The predicted octanol–water partition coefficient (Wildman–Crippen LogP) is 4.79. The van der Waals surface area contributed by atoms with Gasteiger partial charge in [0.1, 0.15) is 11.9 Å². The van der Waals surface area contributed by atoms with Crippen molar-refractivity contribution in [1.82, 2.24) is 10.2 Å². The SMILES string of the molecule is CC[C@H](C)NC(=O)[C@H](CC)N(CCc1ccccc1)C(=O)Cc1c(F)cccc1Cl. The average molecular weight is 433 g/mol. The number of hydrogen-bond acceptors (Lipinski definition) is 2. The molecule has 4 nitrogen and oxygen atoms in total. The van der Waals surface area contributed by atoms with Crippen LogP contribution in [-0.2, 0) is 22.4 Å². The number of halogens is 2. The van der Waals surface area contributed by atoms with Gasteiger partial charge in [-0.2, -0.15) is 0 Å². The molecule has 0 heterocycles. The molecule has 2 amide bonds. The molecule has 6 heteroatoms. The Labute approximate surface area is 183 Å². The molecule has 0 saturated heterocycles. The van der Waals surface area contributed by atoms with Crippen molar-refractivity contribution < 1.29 is 14.0 Å². The zero-order valence-corrected chi connectivity index (χ0v) is 18.6. The highest BCUT2D eigenvalue weighted by Gasteiger charge is 2.29. The predicted molar refractivity (Wildman–Crippen MR) is 119 cm³/mol. The number of hydrogen-bond donors (Lipinski definition) is 1. The van der Waals surface area contributed by atoms with Crippen molar-refractivity contribution in [1.29, 1.82) is 0 Å². The van der Waals surface area contributed by atoms with Crippen molar-refractivity contribution in [3.05, 3.63) is 70.5 Å². The molecule has 0 fully saturated rings. The zero-order valence-electron chi connectivity index (χ0n) is 17.8. The molecule has 2 aromatic carbocycles. The van der Waals surface area contributed by atoms with Crippen LogP contribution in [0.2, 0.25) is 5.02 Å². The molecule has 0 bridgehead atoms. The van der Waals surface area contributed by atoms with Gasteiger partial charge in [0.05, 0.1) is 6.42 Å². The highest BCUT2D eigenvalue weighted by atomic mass is 35.5. The Morgan fingerprint density at radius 2 is 1.77 bits per heavy atom. The molecule has 2 atom stereocenters. The number of nitrogens with zero attached hydrogens (tertiary/aromatic N) is 1. The third-order valence-corrected chi connectivity index (χ3v) is 5.61. The van der Waals surface area contributed by atoms with Gasteiger partial charge in [-0.1, -0.05) is 61.8 Å². The van der Waals surface area contributed by atoms with Crippen molar-refractivity contribution in [3.8, 4) is 0 Å². The summed E-state index contributed by atoms with van der Waals surface area (Å²) < 4.78 is 14.2. The Balaban J connectivity index is 2.26. The van der Waals surface area contributed by atoms with E-state index in [0.29, 0.717) is 19.4 Å². The third kappa shape index (κ3) is 6.56. The first-order valence-electron chi connectivity index (χ1n) is 10.4. The number of rotatable bonds is 10. The van der Waals surface area contributed by atoms with E-state index in [1.807, 2.05) is 51.1 Å². The van der Waals surface area contributed by atoms with E-state index < -0.39 is 11.9 Å². The van der Waals surface area contributed by atoms with E-state index in [4.69, 9.17) is 11.6 Å². The highest BCUT2D eigenvalue weighted by Crippen LogP contribution is 2.21. The molecule has 162 valence electrons. The largest absolute Gasteiger partial charge is 0.352 e. The maximum atomic E-state index is 14.2. The smallest absolute Gasteiger partial charge is 0.243 e. The van der Waals surface area contributed by atoms with E-state index in [-0.39, 0.29) is 34.9 Å². The second-order valence-corrected chi connectivity index (χ2v) is 7.85. The lowest BCUT2D eigenvalue weighted by molar-refractivity contribution is -0.140. The Hall–Kier alpha value is -2.40. The van der Waals surface area contributed by atoms with Crippen LogP contribution < -0.4 is 5.32 Å². The molecular formula is C24H30ClFN2O2. The second kappa shape index (κ2) is 11.7. The first kappa shape index (κ1) is 23.9. The quantitative estimate of drug-likeness (QED) is 0.587. The topological polar surface area (TPSA) is 49.4 Å². The van der Waals surface area contributed by atoms with Crippen molar-refractivity contribution in [2.24, 2.45) is 0 Å². The first-order valence-corrected chi connectivity index (χ1v) is 10.8. The number of benzene rings is 2. The maximum absolute atomic E-state index is 14.2. The molecule has 0 spiro atoms. The van der Waals surface area contributed by atoms with Gasteiger partial charge in [-0.15, -0.1) is 0 Å². The van der Waals surface area contributed by atoms with Gasteiger partial charge in [-0.25, -0.2) is 4.39 Å². The van der Waals surface area contributed by atoms with Gasteiger partial charge >= 0.3 is 0 Å². The van der Waals surface area contributed by atoms with Crippen LogP contribution in [0.3, 0.4) is 0 Å². The molecule has 0 radical (unpaired) electrons. The Bertz CT molecular complexity index is 824. The minimum Gasteiger partial charge on any atom is -0.352 e. The minimum absolute atomic E-state index is 0.0126. The molecule has 0 aliphatic carbocycles.